The molecule has 0 spiro atoms. The lowest BCUT2D eigenvalue weighted by Gasteiger charge is -2.24. The van der Waals surface area contributed by atoms with E-state index in [1.165, 1.54) is 25.4 Å². The van der Waals surface area contributed by atoms with Gasteiger partial charge < -0.3 is 53.2 Å². The number of rotatable bonds is 15. The van der Waals surface area contributed by atoms with Crippen LogP contribution in [0.5, 0.6) is 11.5 Å². The van der Waals surface area contributed by atoms with E-state index < -0.39 is 0 Å². The van der Waals surface area contributed by atoms with Crippen LogP contribution in [0, 0.1) is 0 Å². The first-order chi connectivity index (χ1) is 21.3. The van der Waals surface area contributed by atoms with Crippen LogP contribution in [0.1, 0.15) is 57.8 Å². The summed E-state index contributed by atoms with van der Waals surface area (Å²) >= 11 is 0. The fourth-order valence-electron chi connectivity index (χ4n) is 4.64. The number of ether oxygens (including phenoxy) is 2. The summed E-state index contributed by atoms with van der Waals surface area (Å²) in [5, 5.41) is 0. The van der Waals surface area contributed by atoms with Crippen molar-refractivity contribution in [1.82, 2.24) is 18.8 Å². The van der Waals surface area contributed by atoms with Crippen LogP contribution in [0.3, 0.4) is 0 Å². The molecule has 0 aliphatic carbocycles. The summed E-state index contributed by atoms with van der Waals surface area (Å²) in [6, 6.07) is 15.4. The van der Waals surface area contributed by atoms with Crippen molar-refractivity contribution < 1.29 is 53.0 Å². The first-order valence-corrected chi connectivity index (χ1v) is 17.6. The highest BCUT2D eigenvalue weighted by Crippen LogP contribution is 2.24. The number of amides is 2. The summed E-state index contributed by atoms with van der Waals surface area (Å²) in [6.07, 6.45) is 13.2. The molecule has 0 saturated carbocycles. The van der Waals surface area contributed by atoms with Gasteiger partial charge in [0.15, 0.2) is 0 Å². The molecule has 2 aromatic rings. The lowest BCUT2D eigenvalue weighted by molar-refractivity contribution is -0.001000. The van der Waals surface area contributed by atoms with Gasteiger partial charge in [-0.15, -0.1) is 0 Å². The molecule has 0 saturated heterocycles. The molecule has 2 amide bonds. The highest BCUT2D eigenvalue weighted by molar-refractivity contribution is 7.42. The quantitative estimate of drug-likeness (QED) is 0.158. The highest BCUT2D eigenvalue weighted by atomic mass is 79.9. The Labute approximate surface area is 308 Å². The van der Waals surface area contributed by atoms with Gasteiger partial charge in [0.2, 0.25) is 0 Å². The zero-order valence-corrected chi connectivity index (χ0v) is 34.1. The molecular formula is C36H59Br2N4O4P. The van der Waals surface area contributed by atoms with Crippen LogP contribution in [0.15, 0.2) is 60.4 Å². The molecule has 2 aromatic carbocycles. The van der Waals surface area contributed by atoms with E-state index in [1.54, 1.807) is 23.9 Å². The topological polar surface area (TPSA) is 59.1 Å². The van der Waals surface area contributed by atoms with Crippen LogP contribution >= 0.6 is 8.58 Å². The Hall–Kier alpha value is -1.97. The molecule has 47 heavy (non-hydrogen) atoms. The number of quaternary nitrogens is 2. The second-order valence-electron chi connectivity index (χ2n) is 13.6. The maximum Gasteiger partial charge on any atom is 0.414 e. The van der Waals surface area contributed by atoms with E-state index in [9.17, 15) is 9.59 Å². The number of halogens is 2. The Kier molecular flexibility index (Phi) is 22.4. The highest BCUT2D eigenvalue weighted by Gasteiger charge is 2.17. The molecule has 1 aliphatic heterocycles. The Morgan fingerprint density at radius 3 is 1.34 bits per heavy atom. The fraction of sp³-hybridized carbons (Fsp3) is 0.556. The number of unbranched alkanes of at least 4 members (excludes halogenated alkanes) is 7. The van der Waals surface area contributed by atoms with E-state index in [1.807, 2.05) is 48.5 Å². The minimum atomic E-state index is -0.315. The monoisotopic (exact) mass is 800 g/mol. The predicted molar refractivity (Wildman–Crippen MR) is 193 cm³/mol. The van der Waals surface area contributed by atoms with Crippen LogP contribution < -0.4 is 52.4 Å². The van der Waals surface area contributed by atoms with E-state index in [-0.39, 0.29) is 46.1 Å². The molecule has 1 heterocycles. The van der Waals surface area contributed by atoms with Crippen molar-refractivity contribution in [3.63, 3.8) is 0 Å². The van der Waals surface area contributed by atoms with Gasteiger partial charge in [-0.1, -0.05) is 71.1 Å². The van der Waals surface area contributed by atoms with Crippen LogP contribution in [0.25, 0.3) is 0 Å². The minimum Gasteiger partial charge on any atom is -1.00 e. The number of carbonyl (C=O) groups excluding carboxylic acids is 2. The van der Waals surface area contributed by atoms with Crippen LogP contribution in [-0.2, 0) is 0 Å². The molecule has 266 valence electrons. The van der Waals surface area contributed by atoms with Gasteiger partial charge in [-0.3, -0.25) is 8.97 Å². The third kappa shape index (κ3) is 19.0. The third-order valence-corrected chi connectivity index (χ3v) is 8.69. The Morgan fingerprint density at radius 1 is 0.660 bits per heavy atom. The number of hydrogen-bond donors (Lipinski definition) is 0. The number of benzene rings is 2. The Balaban J connectivity index is 0.00000275. The van der Waals surface area contributed by atoms with Crippen LogP contribution in [-0.4, -0.2) is 97.6 Å². The van der Waals surface area contributed by atoms with E-state index in [0.29, 0.717) is 33.6 Å². The maximum atomic E-state index is 12.4. The maximum absolute atomic E-state index is 12.4. The van der Waals surface area contributed by atoms with Gasteiger partial charge in [-0.2, -0.15) is 0 Å². The van der Waals surface area contributed by atoms with E-state index >= 15 is 0 Å². The van der Waals surface area contributed by atoms with E-state index in [0.717, 1.165) is 58.5 Å². The molecule has 0 aromatic heterocycles. The lowest BCUT2D eigenvalue weighted by atomic mass is 10.1. The predicted octanol–water partition coefficient (Wildman–Crippen LogP) is 2.35. The second-order valence-corrected chi connectivity index (χ2v) is 14.8. The zero-order chi connectivity index (χ0) is 33.3. The molecule has 3 rings (SSSR count). The summed E-state index contributed by atoms with van der Waals surface area (Å²) in [5.74, 6) is 3.42. The van der Waals surface area contributed by atoms with Crippen LogP contribution in [0.2, 0.25) is 0 Å². The minimum absolute atomic E-state index is 0. The molecular weight excluding hydrogens is 743 g/mol. The van der Waals surface area contributed by atoms with Gasteiger partial charge in [0, 0.05) is 39.3 Å². The normalized spacial score (nSPS) is 12.7. The van der Waals surface area contributed by atoms with Crippen molar-refractivity contribution in [1.29, 1.82) is 0 Å². The van der Waals surface area contributed by atoms with Crippen molar-refractivity contribution >= 4 is 32.1 Å². The molecule has 1 unspecified atom stereocenters. The van der Waals surface area contributed by atoms with Gasteiger partial charge in [0.05, 0.1) is 42.3 Å². The largest absolute Gasteiger partial charge is 1.00 e. The second kappa shape index (κ2) is 23.4. The lowest BCUT2D eigenvalue weighted by Crippen LogP contribution is -3.00. The van der Waals surface area contributed by atoms with E-state index in [4.69, 9.17) is 9.47 Å². The van der Waals surface area contributed by atoms with Crippen molar-refractivity contribution in [3.05, 3.63) is 60.4 Å². The standard InChI is InChI=1S/C32H52N4O4.C4H7P.2BrH/c1-33(31(37)39-29-21-17-19-27(25-29)35(3,4)5)23-15-13-11-9-10-12-14-16-24-34(2)32(38)40-30-22-18-20-28(26-30)36(6,7)8;1-2-4-5-3-1;;/h17-22,25-26H,9-16,23-24H2,1-8H3;1,3,5H,2,4H2;2*1H/q+2;;;/p-2. The summed E-state index contributed by atoms with van der Waals surface area (Å²) in [5.41, 5.74) is 2.17. The third-order valence-electron chi connectivity index (χ3n) is 7.65. The number of allylic oxidation sites excluding steroid dienone is 1. The van der Waals surface area contributed by atoms with Crippen molar-refractivity contribution in [2.75, 3.05) is 75.6 Å². The fourth-order valence-corrected chi connectivity index (χ4v) is 5.48. The molecule has 8 nitrogen and oxygen atoms in total. The summed E-state index contributed by atoms with van der Waals surface area (Å²) in [4.78, 5) is 28.2. The summed E-state index contributed by atoms with van der Waals surface area (Å²) in [6.45, 7) is 1.38. The number of nitrogens with zero attached hydrogens (tertiary/aromatic N) is 4. The summed E-state index contributed by atoms with van der Waals surface area (Å²) in [7, 11) is 17.2. The zero-order valence-electron chi connectivity index (χ0n) is 29.9. The van der Waals surface area contributed by atoms with Gasteiger partial charge in [-0.25, -0.2) is 9.59 Å². The Bertz CT molecular complexity index is 1130. The first kappa shape index (κ1) is 45.0. The molecule has 11 heteroatoms. The molecule has 0 N–H and O–H groups in total. The number of hydrogen-bond acceptors (Lipinski definition) is 4. The molecule has 0 radical (unpaired) electrons. The Morgan fingerprint density at radius 2 is 1.04 bits per heavy atom. The SMILES string of the molecule is C1=CPCC1.CN(CCCCCCCCCCN(C)C(=O)Oc1cccc([N+](C)(C)C)c1)C(=O)Oc1cccc([N+](C)(C)C)c1.[Br-].[Br-]. The van der Waals surface area contributed by atoms with E-state index in [2.05, 4.69) is 54.2 Å². The average Bonchev–Trinajstić information content (AvgIpc) is 3.58. The molecule has 1 aliphatic rings. The van der Waals surface area contributed by atoms with Gasteiger partial charge in [-0.05, 0) is 49.7 Å². The summed E-state index contributed by atoms with van der Waals surface area (Å²) < 4.78 is 12.5. The first-order valence-electron chi connectivity index (χ1n) is 16.4. The van der Waals surface area contributed by atoms with Crippen molar-refractivity contribution in [3.8, 4) is 11.5 Å². The number of carbonyl (C=O) groups is 2. The van der Waals surface area contributed by atoms with Gasteiger partial charge in [0.1, 0.15) is 22.9 Å². The smallest absolute Gasteiger partial charge is 0.414 e. The van der Waals surface area contributed by atoms with Gasteiger partial charge >= 0.3 is 12.2 Å². The van der Waals surface area contributed by atoms with Crippen molar-refractivity contribution in [2.45, 2.75) is 57.8 Å². The molecule has 0 bridgehead atoms. The molecule has 1 atom stereocenters. The van der Waals surface area contributed by atoms with Crippen LogP contribution in [0.4, 0.5) is 21.0 Å². The van der Waals surface area contributed by atoms with Gasteiger partial charge in [0.25, 0.3) is 0 Å². The molecule has 0 fully saturated rings. The average molecular weight is 803 g/mol. The van der Waals surface area contributed by atoms with Crippen molar-refractivity contribution in [2.24, 2.45) is 0 Å².